The van der Waals surface area contributed by atoms with E-state index in [0.29, 0.717) is 5.92 Å². The number of allylic oxidation sites excluding steroid dienone is 2. The fourth-order valence-electron chi connectivity index (χ4n) is 5.42. The molecule has 3 nitrogen and oxygen atoms in total. The van der Waals surface area contributed by atoms with Gasteiger partial charge >= 0.3 is 0 Å². The molecular weight excluding hydrogens is 671 g/mol. The van der Waals surface area contributed by atoms with Crippen LogP contribution in [0.15, 0.2) is 48.4 Å². The smallest absolute Gasteiger partial charge is 0.164 e. The maximum absolute atomic E-state index is 11.5. The van der Waals surface area contributed by atoms with Crippen LogP contribution in [0.5, 0.6) is 0 Å². The third-order valence-electron chi connectivity index (χ3n) is 8.03. The maximum Gasteiger partial charge on any atom is 0.164 e. The minimum Gasteiger partial charge on any atom is -0.512 e. The number of aliphatic hydroxyl groups excluding tert-OH is 1. The summed E-state index contributed by atoms with van der Waals surface area (Å²) >= 11 is 0. The van der Waals surface area contributed by atoms with Crippen LogP contribution in [0.2, 0.25) is 0 Å². The molecular formula is C36H48IrNO2-. The predicted octanol–water partition coefficient (Wildman–Crippen LogP) is 10.0. The number of aliphatic hydroxyl groups is 1. The van der Waals surface area contributed by atoms with Crippen molar-refractivity contribution in [3.63, 3.8) is 0 Å². The molecule has 1 radical (unpaired) electrons. The van der Waals surface area contributed by atoms with Gasteiger partial charge in [0, 0.05) is 43.2 Å². The summed E-state index contributed by atoms with van der Waals surface area (Å²) in [6, 6.07) is 14.7. The third kappa shape index (κ3) is 8.37. The standard InChI is InChI=1S/C25H28N.C11H20O2.Ir/c1-16-13-17(2)15-21(14-16)25-24-10-9-22(18(3)20-7-5-6-8-20)19(4)23(24)11-12-26-25;1-10(2,3)8(12)7-9(13)11(4,5)6;/h9-14,18,20H,5-8H2,1-4H3;7,12H,1-6H3;/q-1;;/b;8-7-;. The molecule has 0 saturated heterocycles. The Morgan fingerprint density at radius 2 is 1.60 bits per heavy atom. The average molecular weight is 719 g/mol. The molecule has 40 heavy (non-hydrogen) atoms. The quantitative estimate of drug-likeness (QED) is 0.166. The Bertz CT molecular complexity index is 1330. The first-order valence-corrected chi connectivity index (χ1v) is 14.4. The fraction of sp³-hybridized carbons (Fsp3) is 0.500. The van der Waals surface area contributed by atoms with E-state index in [0.717, 1.165) is 17.2 Å². The van der Waals surface area contributed by atoms with E-state index >= 15 is 0 Å². The van der Waals surface area contributed by atoms with Crippen LogP contribution < -0.4 is 0 Å². The summed E-state index contributed by atoms with van der Waals surface area (Å²) in [5, 5.41) is 12.1. The van der Waals surface area contributed by atoms with Crippen LogP contribution in [0.4, 0.5) is 0 Å². The molecule has 219 valence electrons. The molecule has 4 heteroatoms. The molecule has 0 bridgehead atoms. The van der Waals surface area contributed by atoms with Crippen molar-refractivity contribution in [2.75, 3.05) is 0 Å². The molecule has 1 unspecified atom stereocenters. The third-order valence-corrected chi connectivity index (χ3v) is 8.03. The number of fused-ring (bicyclic) bond motifs is 1. The largest absolute Gasteiger partial charge is 0.512 e. The maximum atomic E-state index is 11.5. The van der Waals surface area contributed by atoms with Gasteiger partial charge in [-0.1, -0.05) is 87.3 Å². The Hall–Kier alpha value is -2.29. The minimum absolute atomic E-state index is 0. The summed E-state index contributed by atoms with van der Waals surface area (Å²) in [7, 11) is 0. The fourth-order valence-corrected chi connectivity index (χ4v) is 5.42. The molecule has 3 aromatic rings. The molecule has 4 rings (SSSR count). The normalized spacial score (nSPS) is 15.3. The van der Waals surface area contributed by atoms with Gasteiger partial charge in [-0.15, -0.1) is 34.9 Å². The van der Waals surface area contributed by atoms with E-state index in [1.807, 2.05) is 47.7 Å². The van der Waals surface area contributed by atoms with Crippen LogP contribution in [0, 0.1) is 43.6 Å². The van der Waals surface area contributed by atoms with Crippen LogP contribution in [0.1, 0.15) is 102 Å². The van der Waals surface area contributed by atoms with E-state index < -0.39 is 5.41 Å². The van der Waals surface area contributed by atoms with E-state index in [9.17, 15) is 9.90 Å². The Labute approximate surface area is 256 Å². The van der Waals surface area contributed by atoms with Crippen molar-refractivity contribution in [3.8, 4) is 11.3 Å². The van der Waals surface area contributed by atoms with Crippen molar-refractivity contribution in [1.29, 1.82) is 0 Å². The Kier molecular flexibility index (Phi) is 11.5. The van der Waals surface area contributed by atoms with Crippen molar-refractivity contribution in [2.24, 2.45) is 16.7 Å². The molecule has 2 aromatic carbocycles. The van der Waals surface area contributed by atoms with Gasteiger partial charge < -0.3 is 10.1 Å². The zero-order chi connectivity index (χ0) is 29.1. The number of benzene rings is 2. The topological polar surface area (TPSA) is 50.2 Å². The first-order valence-electron chi connectivity index (χ1n) is 14.4. The summed E-state index contributed by atoms with van der Waals surface area (Å²) in [6.07, 6.45) is 8.87. The van der Waals surface area contributed by atoms with E-state index in [2.05, 4.69) is 64.1 Å². The predicted molar refractivity (Wildman–Crippen MR) is 165 cm³/mol. The number of ketones is 1. The minimum atomic E-state index is -0.417. The summed E-state index contributed by atoms with van der Waals surface area (Å²) in [6.45, 7) is 20.1. The van der Waals surface area contributed by atoms with Gasteiger partial charge in [-0.3, -0.25) is 4.79 Å². The second-order valence-electron chi connectivity index (χ2n) is 13.5. The van der Waals surface area contributed by atoms with Gasteiger partial charge in [0.05, 0.1) is 0 Å². The number of pyridine rings is 1. The van der Waals surface area contributed by atoms with Gasteiger partial charge in [0.1, 0.15) is 5.76 Å². The Morgan fingerprint density at radius 3 is 2.15 bits per heavy atom. The van der Waals surface area contributed by atoms with Crippen LogP contribution in [-0.4, -0.2) is 15.9 Å². The van der Waals surface area contributed by atoms with Crippen LogP contribution in [0.3, 0.4) is 0 Å². The average Bonchev–Trinajstić information content (AvgIpc) is 3.37. The van der Waals surface area contributed by atoms with Gasteiger partial charge in [-0.05, 0) is 65.3 Å². The molecule has 1 heterocycles. The molecule has 0 aliphatic heterocycles. The number of carbonyl (C=O) groups excluding carboxylic acids is 1. The zero-order valence-corrected chi connectivity index (χ0v) is 28.6. The number of nitrogens with zero attached hydrogens (tertiary/aromatic N) is 1. The van der Waals surface area contributed by atoms with Crippen molar-refractivity contribution >= 4 is 16.6 Å². The van der Waals surface area contributed by atoms with Crippen molar-refractivity contribution in [1.82, 2.24) is 4.98 Å². The summed E-state index contributed by atoms with van der Waals surface area (Å²) < 4.78 is 0. The molecule has 1 saturated carbocycles. The molecule has 1 fully saturated rings. The monoisotopic (exact) mass is 719 g/mol. The van der Waals surface area contributed by atoms with E-state index in [-0.39, 0.29) is 37.1 Å². The molecule has 0 amide bonds. The van der Waals surface area contributed by atoms with Gasteiger partial charge in [-0.2, -0.15) is 0 Å². The van der Waals surface area contributed by atoms with Gasteiger partial charge in [0.15, 0.2) is 5.78 Å². The first kappa shape index (κ1) is 33.9. The number of hydrogen-bond acceptors (Lipinski definition) is 3. The second kappa shape index (κ2) is 13.6. The number of carbonyl (C=O) groups is 1. The van der Waals surface area contributed by atoms with Gasteiger partial charge in [-0.25, -0.2) is 0 Å². The van der Waals surface area contributed by atoms with Crippen molar-refractivity contribution < 1.29 is 30.0 Å². The SMILES string of the molecule is CC(C)(C)C(=O)/C=C(\O)C(C)(C)C.Cc1[c-]c(-c2nccc3c(C)c(C(C)C4CCCC4)ccc23)cc(C)c1.[Ir]. The summed E-state index contributed by atoms with van der Waals surface area (Å²) in [5.41, 5.74) is 6.77. The molecule has 1 aliphatic rings. The van der Waals surface area contributed by atoms with Gasteiger partial charge in [0.25, 0.3) is 0 Å². The van der Waals surface area contributed by atoms with Crippen molar-refractivity contribution in [2.45, 2.75) is 101 Å². The number of aromatic nitrogens is 1. The number of aryl methyl sites for hydroxylation is 3. The van der Waals surface area contributed by atoms with Crippen LogP contribution in [-0.2, 0) is 24.9 Å². The molecule has 1 atom stereocenters. The number of hydrogen-bond donors (Lipinski definition) is 1. The summed E-state index contributed by atoms with van der Waals surface area (Å²) in [4.78, 5) is 16.2. The van der Waals surface area contributed by atoms with E-state index in [4.69, 9.17) is 4.98 Å². The van der Waals surface area contributed by atoms with E-state index in [1.54, 1.807) is 0 Å². The Balaban J connectivity index is 0.000000344. The Morgan fingerprint density at radius 1 is 0.975 bits per heavy atom. The molecule has 0 spiro atoms. The molecule has 1 N–H and O–H groups in total. The first-order chi connectivity index (χ1) is 18.1. The number of rotatable bonds is 4. The van der Waals surface area contributed by atoms with E-state index in [1.165, 1.54) is 64.8 Å². The summed E-state index contributed by atoms with van der Waals surface area (Å²) in [5.74, 6) is 1.60. The zero-order valence-electron chi connectivity index (χ0n) is 26.2. The van der Waals surface area contributed by atoms with Gasteiger partial charge in [0.2, 0.25) is 0 Å². The molecule has 1 aromatic heterocycles. The molecule has 1 aliphatic carbocycles. The van der Waals surface area contributed by atoms with Crippen molar-refractivity contribution in [3.05, 3.63) is 76.7 Å². The second-order valence-corrected chi connectivity index (χ2v) is 13.5. The van der Waals surface area contributed by atoms with Crippen LogP contribution in [0.25, 0.3) is 22.0 Å². The van der Waals surface area contributed by atoms with Crippen LogP contribution >= 0.6 is 0 Å².